The molecule has 0 radical (unpaired) electrons. The number of aliphatic hydroxyl groups is 1. The predicted molar refractivity (Wildman–Crippen MR) is 85.5 cm³/mol. The van der Waals surface area contributed by atoms with Crippen molar-refractivity contribution in [2.45, 2.75) is 24.6 Å². The minimum Gasteiger partial charge on any atom is -0.486 e. The number of hydrogen-bond donors (Lipinski definition) is 2. The van der Waals surface area contributed by atoms with Crippen molar-refractivity contribution in [1.82, 2.24) is 14.5 Å². The lowest BCUT2D eigenvalue weighted by atomic mass is 10.0. The van der Waals surface area contributed by atoms with E-state index in [1.807, 2.05) is 0 Å². The minimum absolute atomic E-state index is 0.0784. The molecule has 2 aromatic rings. The fraction of sp³-hybridized carbons (Fsp3) is 0.500. The lowest BCUT2D eigenvalue weighted by Crippen LogP contribution is -2.52. The van der Waals surface area contributed by atoms with Gasteiger partial charge in [0.25, 0.3) is 5.56 Å². The topological polar surface area (TPSA) is 93.6 Å². The molecule has 7 nitrogen and oxygen atoms in total. The molecular weight excluding hydrogens is 315 g/mol. The highest BCUT2D eigenvalue weighted by atomic mass is 19.1. The van der Waals surface area contributed by atoms with Gasteiger partial charge in [-0.15, -0.1) is 0 Å². The van der Waals surface area contributed by atoms with Gasteiger partial charge in [0.2, 0.25) is 0 Å². The fourth-order valence-electron chi connectivity index (χ4n) is 3.54. The molecule has 0 aromatic carbocycles. The Balaban J connectivity index is 1.71. The zero-order valence-electron chi connectivity index (χ0n) is 13.1. The van der Waals surface area contributed by atoms with E-state index in [0.717, 1.165) is 12.7 Å². The molecule has 0 aliphatic carbocycles. The van der Waals surface area contributed by atoms with Crippen molar-refractivity contribution in [3.05, 3.63) is 34.5 Å². The Kier molecular flexibility index (Phi) is 3.75. The maximum Gasteiger partial charge on any atom is 0.251 e. The summed E-state index contributed by atoms with van der Waals surface area (Å²) >= 11 is 0. The standard InChI is InChI=1S/C16H19FN4O3/c17-10-5-19-12-1-2-14(23)21-9(8-24-16(10)15(12)21)6-20-4-3-11(18)13(22)7-20/h1-2,5,9,11,13,22H,3-4,6-8,18H2/t9-,11-,13+/m1/s1. The van der Waals surface area contributed by atoms with E-state index in [1.165, 1.54) is 6.07 Å². The van der Waals surface area contributed by atoms with Gasteiger partial charge in [-0.05, 0) is 19.0 Å². The van der Waals surface area contributed by atoms with Crippen LogP contribution in [0.15, 0.2) is 23.1 Å². The largest absolute Gasteiger partial charge is 0.486 e. The Morgan fingerprint density at radius 1 is 1.46 bits per heavy atom. The monoisotopic (exact) mass is 334 g/mol. The molecule has 3 atom stereocenters. The lowest BCUT2D eigenvalue weighted by molar-refractivity contribution is 0.0414. The van der Waals surface area contributed by atoms with Gasteiger partial charge in [-0.2, -0.15) is 0 Å². The first-order valence-electron chi connectivity index (χ1n) is 8.03. The van der Waals surface area contributed by atoms with Gasteiger partial charge in [-0.25, -0.2) is 4.39 Å². The van der Waals surface area contributed by atoms with E-state index < -0.39 is 11.9 Å². The number of rotatable bonds is 2. The highest BCUT2D eigenvalue weighted by molar-refractivity contribution is 5.82. The molecule has 0 spiro atoms. The van der Waals surface area contributed by atoms with Crippen LogP contribution in [0.2, 0.25) is 0 Å². The van der Waals surface area contributed by atoms with Crippen LogP contribution in [0.4, 0.5) is 4.39 Å². The van der Waals surface area contributed by atoms with Gasteiger partial charge < -0.3 is 15.6 Å². The summed E-state index contributed by atoms with van der Waals surface area (Å²) in [5, 5.41) is 9.95. The summed E-state index contributed by atoms with van der Waals surface area (Å²) in [7, 11) is 0. The van der Waals surface area contributed by atoms with Crippen LogP contribution in [-0.4, -0.2) is 57.9 Å². The quantitative estimate of drug-likeness (QED) is 0.794. The van der Waals surface area contributed by atoms with Gasteiger partial charge in [0.15, 0.2) is 11.6 Å². The molecular formula is C16H19FN4O3. The highest BCUT2D eigenvalue weighted by Gasteiger charge is 2.31. The molecule has 0 saturated carbocycles. The number of pyridine rings is 2. The number of ether oxygens (including phenoxy) is 1. The number of piperidine rings is 1. The van der Waals surface area contributed by atoms with Crippen LogP contribution in [0, 0.1) is 5.82 Å². The van der Waals surface area contributed by atoms with E-state index >= 15 is 0 Å². The summed E-state index contributed by atoms with van der Waals surface area (Å²) in [6, 6.07) is 2.54. The molecule has 3 N–H and O–H groups in total. The van der Waals surface area contributed by atoms with Gasteiger partial charge in [0.1, 0.15) is 12.1 Å². The molecule has 2 aliphatic rings. The number of aromatic nitrogens is 2. The van der Waals surface area contributed by atoms with Crippen molar-refractivity contribution >= 4 is 11.0 Å². The summed E-state index contributed by atoms with van der Waals surface area (Å²) in [5.41, 5.74) is 6.54. The van der Waals surface area contributed by atoms with Gasteiger partial charge in [0, 0.05) is 25.2 Å². The lowest BCUT2D eigenvalue weighted by Gasteiger charge is -2.37. The normalized spacial score (nSPS) is 27.2. The Morgan fingerprint density at radius 3 is 3.08 bits per heavy atom. The third-order valence-electron chi connectivity index (χ3n) is 4.83. The maximum atomic E-state index is 14.0. The number of likely N-dealkylation sites (tertiary alicyclic amines) is 1. The van der Waals surface area contributed by atoms with Crippen LogP contribution in [0.25, 0.3) is 11.0 Å². The summed E-state index contributed by atoms with van der Waals surface area (Å²) in [4.78, 5) is 18.5. The van der Waals surface area contributed by atoms with E-state index in [9.17, 15) is 14.3 Å². The van der Waals surface area contributed by atoms with Crippen molar-refractivity contribution in [3.8, 4) is 5.75 Å². The molecule has 4 heterocycles. The number of halogens is 1. The molecule has 0 unspecified atom stereocenters. The average Bonchev–Trinajstić information content (AvgIpc) is 2.57. The molecule has 0 bridgehead atoms. The first-order valence-corrected chi connectivity index (χ1v) is 8.03. The number of nitrogens with zero attached hydrogens (tertiary/aromatic N) is 3. The Morgan fingerprint density at radius 2 is 2.29 bits per heavy atom. The fourth-order valence-corrected chi connectivity index (χ4v) is 3.54. The summed E-state index contributed by atoms with van der Waals surface area (Å²) in [5.74, 6) is -0.491. The first-order chi connectivity index (χ1) is 11.5. The van der Waals surface area contributed by atoms with Crippen molar-refractivity contribution in [2.75, 3.05) is 26.2 Å². The van der Waals surface area contributed by atoms with Crippen LogP contribution in [0.3, 0.4) is 0 Å². The van der Waals surface area contributed by atoms with Crippen LogP contribution in [0.5, 0.6) is 5.75 Å². The smallest absolute Gasteiger partial charge is 0.251 e. The minimum atomic E-state index is -0.581. The number of hydrogen-bond acceptors (Lipinski definition) is 6. The van der Waals surface area contributed by atoms with Crippen LogP contribution < -0.4 is 16.0 Å². The van der Waals surface area contributed by atoms with Gasteiger partial charge >= 0.3 is 0 Å². The van der Waals surface area contributed by atoms with E-state index in [0.29, 0.717) is 30.5 Å². The van der Waals surface area contributed by atoms with Crippen LogP contribution in [-0.2, 0) is 0 Å². The Hall–Kier alpha value is -2.03. The number of β-amino-alcohol motifs (C(OH)–C–C–N with tert-alkyl or cyclic N) is 1. The first kappa shape index (κ1) is 15.5. The molecule has 24 heavy (non-hydrogen) atoms. The van der Waals surface area contributed by atoms with Gasteiger partial charge in [-0.1, -0.05) is 0 Å². The second kappa shape index (κ2) is 5.80. The summed E-state index contributed by atoms with van der Waals surface area (Å²) < 4.78 is 21.1. The third kappa shape index (κ3) is 2.47. The van der Waals surface area contributed by atoms with E-state index in [2.05, 4.69) is 9.88 Å². The average molecular weight is 334 g/mol. The number of nitrogens with two attached hydrogens (primary N) is 1. The zero-order chi connectivity index (χ0) is 16.8. The molecule has 2 aromatic heterocycles. The second-order valence-electron chi connectivity index (χ2n) is 6.45. The second-order valence-corrected chi connectivity index (χ2v) is 6.45. The molecule has 1 fully saturated rings. The van der Waals surface area contributed by atoms with Gasteiger partial charge in [0.05, 0.1) is 23.9 Å². The zero-order valence-corrected chi connectivity index (χ0v) is 13.1. The SMILES string of the molecule is N[C@@H]1CCN(C[C@@H]2COc3c(F)cnc4ccc(=O)n2c34)C[C@@H]1O. The van der Waals surface area contributed by atoms with Crippen LogP contribution >= 0.6 is 0 Å². The predicted octanol–water partition coefficient (Wildman–Crippen LogP) is -0.137. The van der Waals surface area contributed by atoms with Crippen molar-refractivity contribution in [3.63, 3.8) is 0 Å². The van der Waals surface area contributed by atoms with E-state index in [1.54, 1.807) is 10.6 Å². The highest BCUT2D eigenvalue weighted by Crippen LogP contribution is 2.32. The summed E-state index contributed by atoms with van der Waals surface area (Å²) in [6.07, 6.45) is 1.22. The van der Waals surface area contributed by atoms with Crippen LogP contribution in [0.1, 0.15) is 12.5 Å². The third-order valence-corrected chi connectivity index (χ3v) is 4.83. The molecule has 2 aliphatic heterocycles. The number of aliphatic hydroxyl groups excluding tert-OH is 1. The molecule has 4 rings (SSSR count). The molecule has 1 saturated heterocycles. The molecule has 0 amide bonds. The van der Waals surface area contributed by atoms with Crippen molar-refractivity contribution in [1.29, 1.82) is 0 Å². The Bertz CT molecular complexity index is 840. The van der Waals surface area contributed by atoms with E-state index in [-0.39, 0.29) is 30.0 Å². The van der Waals surface area contributed by atoms with Gasteiger partial charge in [-0.3, -0.25) is 19.2 Å². The van der Waals surface area contributed by atoms with E-state index in [4.69, 9.17) is 10.5 Å². The molecule has 8 heteroatoms. The maximum absolute atomic E-state index is 14.0. The molecule has 128 valence electrons. The summed E-state index contributed by atoms with van der Waals surface area (Å²) in [6.45, 7) is 1.93. The van der Waals surface area contributed by atoms with Crippen molar-refractivity contribution in [2.24, 2.45) is 5.73 Å². The van der Waals surface area contributed by atoms with Crippen molar-refractivity contribution < 1.29 is 14.2 Å². The Labute approximate surface area is 137 Å².